The van der Waals surface area contributed by atoms with Crippen LogP contribution in [0.3, 0.4) is 0 Å². The van der Waals surface area contributed by atoms with Gasteiger partial charge in [-0.1, -0.05) is 36.2 Å². The van der Waals surface area contributed by atoms with Gasteiger partial charge in [0.05, 0.1) is 13.8 Å². The van der Waals surface area contributed by atoms with Gasteiger partial charge in [-0.3, -0.25) is 0 Å². The van der Waals surface area contributed by atoms with Gasteiger partial charge >= 0.3 is 0 Å². The lowest BCUT2D eigenvalue weighted by Gasteiger charge is -2.17. The SMILES string of the molecule is CCNC(Cc1ccc(Cl)c(Cl)c1)c1csc(Br)c1. The van der Waals surface area contributed by atoms with Gasteiger partial charge < -0.3 is 5.32 Å². The summed E-state index contributed by atoms with van der Waals surface area (Å²) in [6, 6.07) is 8.28. The second kappa shape index (κ2) is 7.09. The van der Waals surface area contributed by atoms with Crippen molar-refractivity contribution in [1.29, 1.82) is 0 Å². The number of likely N-dealkylation sites (N-methyl/N-ethyl adjacent to an activating group) is 1. The summed E-state index contributed by atoms with van der Waals surface area (Å²) in [6.07, 6.45) is 0.897. The molecular weight excluding hydrogens is 365 g/mol. The highest BCUT2D eigenvalue weighted by molar-refractivity contribution is 9.11. The van der Waals surface area contributed by atoms with Crippen molar-refractivity contribution < 1.29 is 0 Å². The summed E-state index contributed by atoms with van der Waals surface area (Å²) >= 11 is 17.2. The summed E-state index contributed by atoms with van der Waals surface area (Å²) in [7, 11) is 0. The number of nitrogens with one attached hydrogen (secondary N) is 1. The van der Waals surface area contributed by atoms with Crippen LogP contribution >= 0.6 is 50.5 Å². The second-order valence-electron chi connectivity index (χ2n) is 4.25. The summed E-state index contributed by atoms with van der Waals surface area (Å²) in [4.78, 5) is 0. The fourth-order valence-electron chi connectivity index (χ4n) is 1.96. The maximum absolute atomic E-state index is 6.07. The first-order chi connectivity index (χ1) is 9.10. The minimum absolute atomic E-state index is 0.296. The normalized spacial score (nSPS) is 12.6. The molecule has 0 amide bonds. The molecule has 2 aromatic rings. The third-order valence-corrected chi connectivity index (χ3v) is 5.13. The Kier molecular flexibility index (Phi) is 5.72. The van der Waals surface area contributed by atoms with Crippen molar-refractivity contribution in [2.24, 2.45) is 0 Å². The number of benzene rings is 1. The molecule has 1 aromatic heterocycles. The molecule has 0 saturated heterocycles. The van der Waals surface area contributed by atoms with Crippen LogP contribution in [0.5, 0.6) is 0 Å². The van der Waals surface area contributed by atoms with Crippen molar-refractivity contribution in [2.75, 3.05) is 6.54 Å². The van der Waals surface area contributed by atoms with Gasteiger partial charge in [0, 0.05) is 6.04 Å². The van der Waals surface area contributed by atoms with Gasteiger partial charge in [-0.2, -0.15) is 0 Å². The Morgan fingerprint density at radius 2 is 2.05 bits per heavy atom. The predicted molar refractivity (Wildman–Crippen MR) is 88.6 cm³/mol. The third kappa shape index (κ3) is 4.20. The molecule has 0 aliphatic rings. The molecule has 1 unspecified atom stereocenters. The minimum Gasteiger partial charge on any atom is -0.310 e. The Morgan fingerprint density at radius 3 is 2.63 bits per heavy atom. The first-order valence-electron chi connectivity index (χ1n) is 6.01. The van der Waals surface area contributed by atoms with Crippen LogP contribution in [0.2, 0.25) is 10.0 Å². The zero-order valence-electron chi connectivity index (χ0n) is 10.4. The van der Waals surface area contributed by atoms with E-state index in [0.29, 0.717) is 16.1 Å². The summed E-state index contributed by atoms with van der Waals surface area (Å²) in [5, 5.41) is 6.89. The van der Waals surface area contributed by atoms with Crippen LogP contribution in [0, 0.1) is 0 Å². The van der Waals surface area contributed by atoms with Crippen molar-refractivity contribution >= 4 is 50.5 Å². The topological polar surface area (TPSA) is 12.0 Å². The molecule has 0 aliphatic carbocycles. The highest BCUT2D eigenvalue weighted by Gasteiger charge is 2.13. The smallest absolute Gasteiger partial charge is 0.0701 e. The summed E-state index contributed by atoms with van der Waals surface area (Å²) in [5.74, 6) is 0. The molecule has 0 aliphatic heterocycles. The first kappa shape index (κ1) is 15.3. The molecular formula is C14H14BrCl2NS. The quantitative estimate of drug-likeness (QED) is 0.702. The van der Waals surface area contributed by atoms with E-state index < -0.39 is 0 Å². The van der Waals surface area contributed by atoms with Crippen LogP contribution in [0.4, 0.5) is 0 Å². The molecule has 1 heterocycles. The van der Waals surface area contributed by atoms with Gasteiger partial charge in [0.1, 0.15) is 0 Å². The predicted octanol–water partition coefficient (Wildman–Crippen LogP) is 5.71. The molecule has 0 spiro atoms. The number of rotatable bonds is 5. The standard InChI is InChI=1S/C14H14BrCl2NS/c1-2-18-13(10-7-14(15)19-8-10)6-9-3-4-11(16)12(17)5-9/h3-5,7-8,13,18H,2,6H2,1H3. The second-order valence-corrected chi connectivity index (χ2v) is 7.35. The van der Waals surface area contributed by atoms with Crippen molar-refractivity contribution in [2.45, 2.75) is 19.4 Å². The number of halogens is 3. The van der Waals surface area contributed by atoms with E-state index in [1.54, 1.807) is 11.3 Å². The van der Waals surface area contributed by atoms with E-state index in [2.05, 4.69) is 39.6 Å². The van der Waals surface area contributed by atoms with E-state index in [0.717, 1.165) is 16.8 Å². The van der Waals surface area contributed by atoms with Crippen molar-refractivity contribution in [1.82, 2.24) is 5.32 Å². The van der Waals surface area contributed by atoms with Gasteiger partial charge in [-0.05, 0) is 63.6 Å². The number of hydrogen-bond acceptors (Lipinski definition) is 2. The van der Waals surface area contributed by atoms with Crippen LogP contribution in [-0.4, -0.2) is 6.54 Å². The van der Waals surface area contributed by atoms with E-state index in [1.165, 1.54) is 11.1 Å². The molecule has 2 rings (SSSR count). The molecule has 1 N–H and O–H groups in total. The van der Waals surface area contributed by atoms with Gasteiger partial charge in [0.15, 0.2) is 0 Å². The van der Waals surface area contributed by atoms with E-state index in [-0.39, 0.29) is 0 Å². The van der Waals surface area contributed by atoms with Gasteiger partial charge in [-0.25, -0.2) is 0 Å². The maximum atomic E-state index is 6.07. The summed E-state index contributed by atoms with van der Waals surface area (Å²) < 4.78 is 1.15. The Labute approximate surface area is 136 Å². The Balaban J connectivity index is 2.18. The maximum Gasteiger partial charge on any atom is 0.0701 e. The van der Waals surface area contributed by atoms with Gasteiger partial charge in [0.25, 0.3) is 0 Å². The fourth-order valence-corrected chi connectivity index (χ4v) is 3.51. The largest absolute Gasteiger partial charge is 0.310 e. The Morgan fingerprint density at radius 1 is 1.26 bits per heavy atom. The molecule has 5 heteroatoms. The lowest BCUT2D eigenvalue weighted by atomic mass is 10.0. The molecule has 0 radical (unpaired) electrons. The number of thiophene rings is 1. The third-order valence-electron chi connectivity index (χ3n) is 2.86. The summed E-state index contributed by atoms with van der Waals surface area (Å²) in [6.45, 7) is 3.04. The van der Waals surface area contributed by atoms with Crippen molar-refractivity contribution in [3.05, 3.63) is 54.6 Å². The summed E-state index contributed by atoms with van der Waals surface area (Å²) in [5.41, 5.74) is 2.48. The first-order valence-corrected chi connectivity index (χ1v) is 8.44. The average molecular weight is 379 g/mol. The fraction of sp³-hybridized carbons (Fsp3) is 0.286. The van der Waals surface area contributed by atoms with Crippen molar-refractivity contribution in [3.63, 3.8) is 0 Å². The van der Waals surface area contributed by atoms with E-state index in [9.17, 15) is 0 Å². The van der Waals surface area contributed by atoms with Gasteiger partial charge in [-0.15, -0.1) is 11.3 Å². The molecule has 0 fully saturated rings. The zero-order valence-corrected chi connectivity index (χ0v) is 14.3. The Bertz CT molecular complexity index is 556. The van der Waals surface area contributed by atoms with E-state index in [4.69, 9.17) is 23.2 Å². The van der Waals surface area contributed by atoms with Gasteiger partial charge in [0.2, 0.25) is 0 Å². The van der Waals surface area contributed by atoms with Crippen LogP contribution in [0.15, 0.2) is 33.4 Å². The molecule has 19 heavy (non-hydrogen) atoms. The Hall–Kier alpha value is -0.0600. The van der Waals surface area contributed by atoms with Crippen LogP contribution in [-0.2, 0) is 6.42 Å². The highest BCUT2D eigenvalue weighted by atomic mass is 79.9. The lowest BCUT2D eigenvalue weighted by molar-refractivity contribution is 0.551. The molecule has 0 bridgehead atoms. The monoisotopic (exact) mass is 377 g/mol. The molecule has 1 aromatic carbocycles. The molecule has 1 atom stereocenters. The van der Waals surface area contributed by atoms with Crippen LogP contribution < -0.4 is 5.32 Å². The highest BCUT2D eigenvalue weighted by Crippen LogP contribution is 2.29. The molecule has 0 saturated carbocycles. The van der Waals surface area contributed by atoms with Crippen molar-refractivity contribution in [3.8, 4) is 0 Å². The average Bonchev–Trinajstić information content (AvgIpc) is 2.80. The molecule has 1 nitrogen and oxygen atoms in total. The zero-order chi connectivity index (χ0) is 13.8. The minimum atomic E-state index is 0.296. The van der Waals surface area contributed by atoms with E-state index >= 15 is 0 Å². The van der Waals surface area contributed by atoms with Crippen LogP contribution in [0.25, 0.3) is 0 Å². The molecule has 102 valence electrons. The van der Waals surface area contributed by atoms with Crippen LogP contribution in [0.1, 0.15) is 24.1 Å². The lowest BCUT2D eigenvalue weighted by Crippen LogP contribution is -2.22. The number of hydrogen-bond donors (Lipinski definition) is 1. The van der Waals surface area contributed by atoms with E-state index in [1.807, 2.05) is 18.2 Å².